The van der Waals surface area contributed by atoms with Gasteiger partial charge in [0, 0.05) is 61.1 Å². The van der Waals surface area contributed by atoms with Gasteiger partial charge in [-0.05, 0) is 75.0 Å². The topological polar surface area (TPSA) is 111 Å². The Balaban J connectivity index is 1.21. The van der Waals surface area contributed by atoms with Crippen LogP contribution in [0.25, 0.3) is 16.8 Å². The molecule has 1 amide bonds. The van der Waals surface area contributed by atoms with Gasteiger partial charge in [-0.25, -0.2) is 0 Å². The van der Waals surface area contributed by atoms with Crippen LogP contribution in [-0.2, 0) is 17.8 Å². The molecule has 0 radical (unpaired) electrons. The number of benzene rings is 2. The largest absolute Gasteiger partial charge is 0.462 e. The van der Waals surface area contributed by atoms with Gasteiger partial charge in [0.05, 0.1) is 30.4 Å². The predicted octanol–water partition coefficient (Wildman–Crippen LogP) is 5.24. The average molecular weight is 631 g/mol. The zero-order valence-corrected chi connectivity index (χ0v) is 27.2. The predicted molar refractivity (Wildman–Crippen MR) is 185 cm³/mol. The molecule has 4 heterocycles. The zero-order chi connectivity index (χ0) is 32.6. The van der Waals surface area contributed by atoms with Crippen molar-refractivity contribution < 1.29 is 9.53 Å². The molecule has 1 atom stereocenters. The van der Waals surface area contributed by atoms with Crippen LogP contribution < -0.4 is 15.0 Å². The number of ether oxygens (including phenoxy) is 1. The summed E-state index contributed by atoms with van der Waals surface area (Å²) in [6.45, 7) is 6.48. The molecule has 2 aromatic heterocycles. The van der Waals surface area contributed by atoms with E-state index < -0.39 is 0 Å². The first-order valence-corrected chi connectivity index (χ1v) is 16.4. The van der Waals surface area contributed by atoms with Gasteiger partial charge in [-0.15, -0.1) is 0 Å². The van der Waals surface area contributed by atoms with E-state index in [1.54, 1.807) is 17.2 Å². The Bertz CT molecular complexity index is 1760. The van der Waals surface area contributed by atoms with E-state index in [0.29, 0.717) is 50.5 Å². The van der Waals surface area contributed by atoms with Crippen molar-refractivity contribution in [3.8, 4) is 12.1 Å². The zero-order valence-electron chi connectivity index (χ0n) is 27.2. The number of likely N-dealkylation sites (tertiary alicyclic amines) is 1. The van der Waals surface area contributed by atoms with Crippen molar-refractivity contribution in [3.63, 3.8) is 0 Å². The fourth-order valence-electron chi connectivity index (χ4n) is 6.52. The Morgan fingerprint density at radius 1 is 1.13 bits per heavy atom. The van der Waals surface area contributed by atoms with Crippen molar-refractivity contribution in [1.82, 2.24) is 24.8 Å². The molecule has 0 aliphatic carbocycles. The van der Waals surface area contributed by atoms with E-state index in [-0.39, 0.29) is 12.3 Å². The molecule has 2 aromatic carbocycles. The molecular weight excluding hydrogens is 588 g/mol. The molecule has 47 heavy (non-hydrogen) atoms. The van der Waals surface area contributed by atoms with Gasteiger partial charge in [0.2, 0.25) is 5.91 Å². The second-order valence-corrected chi connectivity index (χ2v) is 12.2. The second-order valence-electron chi connectivity index (χ2n) is 12.2. The minimum atomic E-state index is -0.164. The van der Waals surface area contributed by atoms with Gasteiger partial charge in [-0.1, -0.05) is 36.4 Å². The standard InChI is InChI=1S/C37H42N8O2/c1-27-9-5-10-28-11-6-14-33(35(27)28)45-23-17-31-32(25-45)41-37(47-26-30-13-7-21-43(30)2)42-36(31)40-20-24-44(22-8-18-38)34(46)16-15-29-12-3-4-19-39-29/h3-6,9-12,14-16,19,30H,7-8,13,17,20-26H2,1-2H3,(H,40,41,42)/b16-15+/t30-/m0/s1. The first kappa shape index (κ1) is 32.0. The van der Waals surface area contributed by atoms with Crippen LogP contribution in [0.3, 0.4) is 0 Å². The lowest BCUT2D eigenvalue weighted by atomic mass is 10.00. The summed E-state index contributed by atoms with van der Waals surface area (Å²) in [5, 5.41) is 15.2. The van der Waals surface area contributed by atoms with Crippen LogP contribution in [0.5, 0.6) is 6.01 Å². The first-order valence-electron chi connectivity index (χ1n) is 16.4. The van der Waals surface area contributed by atoms with Crippen molar-refractivity contribution in [2.75, 3.05) is 56.6 Å². The molecule has 0 bridgehead atoms. The third-order valence-corrected chi connectivity index (χ3v) is 9.12. The van der Waals surface area contributed by atoms with Gasteiger partial charge in [0.15, 0.2) is 0 Å². The highest BCUT2D eigenvalue weighted by molar-refractivity contribution is 5.97. The number of carbonyl (C=O) groups is 1. The van der Waals surface area contributed by atoms with Crippen LogP contribution in [-0.4, -0.2) is 83.1 Å². The van der Waals surface area contributed by atoms with Crippen LogP contribution in [0.2, 0.25) is 0 Å². The highest BCUT2D eigenvalue weighted by atomic mass is 16.5. The fourth-order valence-corrected chi connectivity index (χ4v) is 6.52. The quantitative estimate of drug-likeness (QED) is 0.210. The number of pyridine rings is 1. The lowest BCUT2D eigenvalue weighted by Crippen LogP contribution is -2.36. The number of aryl methyl sites for hydroxylation is 1. The summed E-state index contributed by atoms with van der Waals surface area (Å²) < 4.78 is 6.25. The number of carbonyl (C=O) groups excluding carboxylic acids is 1. The normalized spacial score (nSPS) is 16.3. The molecule has 2 aliphatic heterocycles. The summed E-state index contributed by atoms with van der Waals surface area (Å²) >= 11 is 0. The molecule has 242 valence electrons. The molecular formula is C37H42N8O2. The molecule has 6 rings (SSSR count). The number of hydrogen-bond donors (Lipinski definition) is 1. The van der Waals surface area contributed by atoms with Gasteiger partial charge in [-0.3, -0.25) is 9.78 Å². The number of anilines is 2. The Hall–Kier alpha value is -5.01. The molecule has 1 saturated heterocycles. The molecule has 2 aliphatic rings. The molecule has 0 spiro atoms. The van der Waals surface area contributed by atoms with Crippen molar-refractivity contribution >= 4 is 34.3 Å². The van der Waals surface area contributed by atoms with E-state index in [1.807, 2.05) is 18.2 Å². The van der Waals surface area contributed by atoms with E-state index in [4.69, 9.17) is 14.7 Å². The summed E-state index contributed by atoms with van der Waals surface area (Å²) in [5.41, 5.74) is 5.19. The number of amides is 1. The number of aromatic nitrogens is 3. The minimum Gasteiger partial charge on any atom is -0.462 e. The molecule has 10 heteroatoms. The number of likely N-dealkylation sites (N-methyl/N-ethyl adjacent to an activating group) is 1. The SMILES string of the molecule is Cc1cccc2cccc(N3CCc4c(nc(OC[C@@H]5CCCN5C)nc4NCCN(CCC#N)C(=O)/C=C/c4ccccn4)C3)c12. The highest BCUT2D eigenvalue weighted by Crippen LogP contribution is 2.34. The van der Waals surface area contributed by atoms with Crippen LogP contribution in [0.15, 0.2) is 66.9 Å². The van der Waals surface area contributed by atoms with Crippen LogP contribution in [0.1, 0.15) is 41.8 Å². The van der Waals surface area contributed by atoms with E-state index in [2.05, 4.69) is 76.5 Å². The highest BCUT2D eigenvalue weighted by Gasteiger charge is 2.26. The number of hydrogen-bond acceptors (Lipinski definition) is 9. The van der Waals surface area contributed by atoms with Crippen molar-refractivity contribution in [1.29, 1.82) is 5.26 Å². The third-order valence-electron chi connectivity index (χ3n) is 9.12. The number of nitriles is 1. The van der Waals surface area contributed by atoms with Crippen LogP contribution in [0, 0.1) is 18.3 Å². The summed E-state index contributed by atoms with van der Waals surface area (Å²) in [5.74, 6) is 0.582. The molecule has 0 unspecified atom stereocenters. The van der Waals surface area contributed by atoms with E-state index in [0.717, 1.165) is 43.0 Å². The Morgan fingerprint density at radius 3 is 2.79 bits per heavy atom. The first-order chi connectivity index (χ1) is 23.0. The smallest absolute Gasteiger partial charge is 0.318 e. The summed E-state index contributed by atoms with van der Waals surface area (Å²) in [6, 6.07) is 21.4. The maximum Gasteiger partial charge on any atom is 0.318 e. The van der Waals surface area contributed by atoms with Gasteiger partial charge in [0.25, 0.3) is 0 Å². The Labute approximate surface area is 276 Å². The third kappa shape index (κ3) is 7.69. The minimum absolute atomic E-state index is 0.164. The molecule has 10 nitrogen and oxygen atoms in total. The van der Waals surface area contributed by atoms with E-state index in [9.17, 15) is 10.1 Å². The van der Waals surface area contributed by atoms with Gasteiger partial charge >= 0.3 is 6.01 Å². The lowest BCUT2D eigenvalue weighted by Gasteiger charge is -2.32. The van der Waals surface area contributed by atoms with Crippen LogP contribution >= 0.6 is 0 Å². The number of nitrogens with zero attached hydrogens (tertiary/aromatic N) is 7. The lowest BCUT2D eigenvalue weighted by molar-refractivity contribution is -0.125. The molecule has 0 saturated carbocycles. The van der Waals surface area contributed by atoms with Gasteiger partial charge in [-0.2, -0.15) is 15.2 Å². The Kier molecular flexibility index (Phi) is 10.2. The fraction of sp³-hybridized carbons (Fsp3) is 0.378. The van der Waals surface area contributed by atoms with Crippen LogP contribution in [0.4, 0.5) is 11.5 Å². The molecule has 1 N–H and O–H groups in total. The molecule has 4 aromatic rings. The number of nitrogens with one attached hydrogen (secondary N) is 1. The maximum atomic E-state index is 13.1. The van der Waals surface area contributed by atoms with Crippen molar-refractivity contribution in [2.45, 2.75) is 45.2 Å². The Morgan fingerprint density at radius 2 is 2.00 bits per heavy atom. The van der Waals surface area contributed by atoms with Crippen molar-refractivity contribution in [3.05, 3.63) is 89.4 Å². The average Bonchev–Trinajstić information content (AvgIpc) is 3.52. The number of rotatable bonds is 12. The summed E-state index contributed by atoms with van der Waals surface area (Å²) in [4.78, 5) is 33.6. The monoisotopic (exact) mass is 630 g/mol. The molecule has 1 fully saturated rings. The van der Waals surface area contributed by atoms with Gasteiger partial charge in [0.1, 0.15) is 12.4 Å². The summed E-state index contributed by atoms with van der Waals surface area (Å²) in [7, 11) is 2.14. The van der Waals surface area contributed by atoms with E-state index in [1.165, 1.54) is 34.5 Å². The maximum absolute atomic E-state index is 13.1. The number of fused-ring (bicyclic) bond motifs is 2. The second kappa shape index (κ2) is 15.1. The van der Waals surface area contributed by atoms with E-state index >= 15 is 0 Å². The van der Waals surface area contributed by atoms with Crippen molar-refractivity contribution in [2.24, 2.45) is 0 Å². The summed E-state index contributed by atoms with van der Waals surface area (Å²) in [6.07, 6.45) is 8.20. The van der Waals surface area contributed by atoms with Gasteiger partial charge < -0.3 is 24.8 Å².